The third-order valence-corrected chi connectivity index (χ3v) is 3.27. The fourth-order valence-electron chi connectivity index (χ4n) is 1.60. The summed E-state index contributed by atoms with van der Waals surface area (Å²) in [4.78, 5) is 0. The van der Waals surface area contributed by atoms with Gasteiger partial charge in [0.05, 0.1) is 22.4 Å². The Morgan fingerprint density at radius 3 is 2.68 bits per heavy atom. The molecule has 1 aromatic heterocycles. The molecule has 0 fully saturated rings. The molecule has 0 aliphatic rings. The molecular formula is C13H14BrF2N3. The summed E-state index contributed by atoms with van der Waals surface area (Å²) < 4.78 is 28.7. The molecule has 0 saturated heterocycles. The van der Waals surface area contributed by atoms with Gasteiger partial charge in [0.15, 0.2) is 0 Å². The highest BCUT2D eigenvalue weighted by Crippen LogP contribution is 2.24. The van der Waals surface area contributed by atoms with Crippen molar-refractivity contribution in [3.63, 3.8) is 0 Å². The van der Waals surface area contributed by atoms with E-state index in [4.69, 9.17) is 0 Å². The Hall–Kier alpha value is -1.43. The molecule has 0 amide bonds. The fraction of sp³-hybridized carbons (Fsp3) is 0.308. The van der Waals surface area contributed by atoms with Gasteiger partial charge < -0.3 is 5.32 Å². The van der Waals surface area contributed by atoms with Crippen molar-refractivity contribution in [2.24, 2.45) is 0 Å². The molecule has 0 spiro atoms. The van der Waals surface area contributed by atoms with Crippen molar-refractivity contribution in [2.45, 2.75) is 26.4 Å². The van der Waals surface area contributed by atoms with Gasteiger partial charge in [-0.1, -0.05) is 0 Å². The van der Waals surface area contributed by atoms with Gasteiger partial charge in [-0.05, 0) is 41.9 Å². The number of hydrogen-bond acceptors (Lipinski definition) is 2. The molecule has 0 bridgehead atoms. The molecule has 0 atom stereocenters. The second kappa shape index (κ2) is 5.69. The third-order valence-electron chi connectivity index (χ3n) is 2.66. The summed E-state index contributed by atoms with van der Waals surface area (Å²) in [6, 6.07) is 4.37. The molecule has 0 saturated carbocycles. The smallest absolute Gasteiger partial charge is 0.149 e. The van der Waals surface area contributed by atoms with Gasteiger partial charge >= 0.3 is 0 Å². The summed E-state index contributed by atoms with van der Waals surface area (Å²) in [7, 11) is 0. The van der Waals surface area contributed by atoms with Crippen LogP contribution in [0.5, 0.6) is 0 Å². The Bertz CT molecular complexity index is 581. The Balaban J connectivity index is 2.07. The molecule has 3 nitrogen and oxygen atoms in total. The summed E-state index contributed by atoms with van der Waals surface area (Å²) in [5.74, 6) is -1.24. The number of nitrogens with one attached hydrogen (secondary N) is 1. The Kier molecular flexibility index (Phi) is 4.19. The van der Waals surface area contributed by atoms with Gasteiger partial charge in [0, 0.05) is 18.3 Å². The molecule has 2 aromatic rings. The minimum absolute atomic E-state index is 0.226. The summed E-state index contributed by atoms with van der Waals surface area (Å²) in [5, 5.41) is 7.24. The number of hydrogen-bond donors (Lipinski definition) is 1. The molecule has 1 aromatic carbocycles. The van der Waals surface area contributed by atoms with Crippen LogP contribution in [0.25, 0.3) is 0 Å². The Labute approximate surface area is 118 Å². The molecule has 1 N–H and O–H groups in total. The number of rotatable bonds is 4. The maximum atomic E-state index is 13.5. The SMILES string of the molecule is CC(C)n1ccc(CNc2cc(Br)c(F)cc2F)n1. The van der Waals surface area contributed by atoms with Crippen LogP contribution in [0.4, 0.5) is 14.5 Å². The summed E-state index contributed by atoms with van der Waals surface area (Å²) in [6.45, 7) is 4.44. The van der Waals surface area contributed by atoms with Gasteiger partial charge in [-0.2, -0.15) is 5.10 Å². The Morgan fingerprint density at radius 2 is 2.05 bits per heavy atom. The molecule has 6 heteroatoms. The van der Waals surface area contributed by atoms with Crippen molar-refractivity contribution in [2.75, 3.05) is 5.32 Å². The first-order valence-corrected chi connectivity index (χ1v) is 6.69. The lowest BCUT2D eigenvalue weighted by Crippen LogP contribution is -2.05. The Morgan fingerprint density at radius 1 is 1.32 bits per heavy atom. The van der Waals surface area contributed by atoms with Crippen molar-refractivity contribution in [3.05, 3.63) is 46.2 Å². The zero-order valence-electron chi connectivity index (χ0n) is 10.6. The van der Waals surface area contributed by atoms with Crippen LogP contribution in [-0.4, -0.2) is 9.78 Å². The van der Waals surface area contributed by atoms with E-state index < -0.39 is 11.6 Å². The van der Waals surface area contributed by atoms with Crippen LogP contribution in [0, 0.1) is 11.6 Å². The predicted molar refractivity (Wildman–Crippen MR) is 74.0 cm³/mol. The first-order chi connectivity index (χ1) is 8.97. The van der Waals surface area contributed by atoms with Crippen LogP contribution in [0.3, 0.4) is 0 Å². The van der Waals surface area contributed by atoms with E-state index in [-0.39, 0.29) is 16.2 Å². The van der Waals surface area contributed by atoms with Crippen molar-refractivity contribution in [1.82, 2.24) is 9.78 Å². The van der Waals surface area contributed by atoms with Crippen LogP contribution in [0.2, 0.25) is 0 Å². The summed E-state index contributed by atoms with van der Waals surface area (Å²) >= 11 is 3.03. The van der Waals surface area contributed by atoms with E-state index in [1.165, 1.54) is 6.07 Å². The lowest BCUT2D eigenvalue weighted by molar-refractivity contribution is 0.527. The number of anilines is 1. The normalized spacial score (nSPS) is 11.1. The number of nitrogens with zero attached hydrogens (tertiary/aromatic N) is 2. The van der Waals surface area contributed by atoms with Crippen LogP contribution in [0.15, 0.2) is 28.9 Å². The van der Waals surface area contributed by atoms with Crippen molar-refractivity contribution in [1.29, 1.82) is 0 Å². The molecule has 1 heterocycles. The van der Waals surface area contributed by atoms with Crippen molar-refractivity contribution < 1.29 is 8.78 Å². The van der Waals surface area contributed by atoms with E-state index >= 15 is 0 Å². The maximum absolute atomic E-state index is 13.5. The van der Waals surface area contributed by atoms with Crippen molar-refractivity contribution in [3.8, 4) is 0 Å². The average molecular weight is 330 g/mol. The van der Waals surface area contributed by atoms with Gasteiger partial charge in [0.1, 0.15) is 11.6 Å². The van der Waals surface area contributed by atoms with E-state index in [0.717, 1.165) is 11.8 Å². The zero-order chi connectivity index (χ0) is 14.0. The molecule has 102 valence electrons. The zero-order valence-corrected chi connectivity index (χ0v) is 12.2. The second-order valence-corrected chi connectivity index (χ2v) is 5.33. The van der Waals surface area contributed by atoms with Gasteiger partial charge in [0.2, 0.25) is 0 Å². The number of aromatic nitrogens is 2. The minimum Gasteiger partial charge on any atom is -0.377 e. The summed E-state index contributed by atoms with van der Waals surface area (Å²) in [5.41, 5.74) is 1.04. The molecule has 19 heavy (non-hydrogen) atoms. The molecule has 0 aliphatic heterocycles. The largest absolute Gasteiger partial charge is 0.377 e. The van der Waals surface area contributed by atoms with E-state index in [9.17, 15) is 8.78 Å². The highest BCUT2D eigenvalue weighted by molar-refractivity contribution is 9.10. The average Bonchev–Trinajstić information content (AvgIpc) is 2.81. The standard InChI is InChI=1S/C13H14BrF2N3/c1-8(2)19-4-3-9(18-19)7-17-13-5-10(14)11(15)6-12(13)16/h3-6,8,17H,7H2,1-2H3. The van der Waals surface area contributed by atoms with Crippen LogP contribution in [0.1, 0.15) is 25.6 Å². The van der Waals surface area contributed by atoms with Crippen molar-refractivity contribution >= 4 is 21.6 Å². The predicted octanol–water partition coefficient (Wildman–Crippen LogP) is 4.12. The van der Waals surface area contributed by atoms with Crippen LogP contribution < -0.4 is 5.32 Å². The number of halogens is 3. The van der Waals surface area contributed by atoms with Gasteiger partial charge in [-0.15, -0.1) is 0 Å². The van der Waals surface area contributed by atoms with E-state index in [0.29, 0.717) is 6.54 Å². The van der Waals surface area contributed by atoms with Crippen LogP contribution in [-0.2, 0) is 6.54 Å². The first-order valence-electron chi connectivity index (χ1n) is 5.90. The lowest BCUT2D eigenvalue weighted by atomic mass is 10.3. The van der Waals surface area contributed by atoms with Gasteiger partial charge in [-0.25, -0.2) is 8.78 Å². The van der Waals surface area contributed by atoms with Gasteiger partial charge in [0.25, 0.3) is 0 Å². The molecule has 2 rings (SSSR count). The molecule has 0 unspecified atom stereocenters. The highest BCUT2D eigenvalue weighted by atomic mass is 79.9. The monoisotopic (exact) mass is 329 g/mol. The topological polar surface area (TPSA) is 29.9 Å². The highest BCUT2D eigenvalue weighted by Gasteiger charge is 2.09. The second-order valence-electron chi connectivity index (χ2n) is 4.48. The van der Waals surface area contributed by atoms with E-state index in [1.54, 1.807) is 0 Å². The first kappa shape index (κ1) is 14.0. The molecule has 0 aliphatic carbocycles. The third kappa shape index (κ3) is 3.32. The van der Waals surface area contributed by atoms with Crippen LogP contribution >= 0.6 is 15.9 Å². The number of benzene rings is 1. The molecule has 0 radical (unpaired) electrons. The van der Waals surface area contributed by atoms with Gasteiger partial charge in [-0.3, -0.25) is 4.68 Å². The lowest BCUT2D eigenvalue weighted by Gasteiger charge is -2.08. The quantitative estimate of drug-likeness (QED) is 0.855. The van der Waals surface area contributed by atoms with E-state index in [2.05, 4.69) is 26.3 Å². The van der Waals surface area contributed by atoms with E-state index in [1.807, 2.05) is 30.8 Å². The maximum Gasteiger partial charge on any atom is 0.149 e. The fourth-order valence-corrected chi connectivity index (χ4v) is 1.95. The summed E-state index contributed by atoms with van der Waals surface area (Å²) in [6.07, 6.45) is 1.87. The minimum atomic E-state index is -0.621. The molecular weight excluding hydrogens is 316 g/mol.